The largest absolute Gasteiger partial charge is 0.485 e. The van der Waals surface area contributed by atoms with E-state index in [4.69, 9.17) is 4.74 Å². The summed E-state index contributed by atoms with van der Waals surface area (Å²) < 4.78 is 44.2. The molecule has 0 spiro atoms. The van der Waals surface area contributed by atoms with Crippen LogP contribution in [0.1, 0.15) is 30.1 Å². The average Bonchev–Trinajstić information content (AvgIpc) is 2.61. The molecule has 2 aromatic rings. The first-order chi connectivity index (χ1) is 11.5. The van der Waals surface area contributed by atoms with E-state index in [1.54, 1.807) is 0 Å². The summed E-state index contributed by atoms with van der Waals surface area (Å²) in [5, 5.41) is 3.37. The molecule has 2 aromatic carbocycles. The minimum Gasteiger partial charge on any atom is -0.485 e. The molecule has 0 bridgehead atoms. The van der Waals surface area contributed by atoms with Crippen molar-refractivity contribution in [2.24, 2.45) is 5.92 Å². The summed E-state index contributed by atoms with van der Waals surface area (Å²) >= 11 is 0. The number of hydrogen-bond acceptors (Lipinski definition) is 2. The molecule has 1 N–H and O–H groups in total. The Morgan fingerprint density at radius 3 is 2.29 bits per heavy atom. The van der Waals surface area contributed by atoms with E-state index < -0.39 is 11.7 Å². The number of alkyl halides is 3. The van der Waals surface area contributed by atoms with Crippen molar-refractivity contribution in [1.29, 1.82) is 0 Å². The minimum atomic E-state index is -4.33. The van der Waals surface area contributed by atoms with Crippen LogP contribution in [0.2, 0.25) is 0 Å². The van der Waals surface area contributed by atoms with Crippen LogP contribution in [0.3, 0.4) is 0 Å². The second-order valence-electron chi connectivity index (χ2n) is 6.08. The van der Waals surface area contributed by atoms with E-state index >= 15 is 0 Å². The standard InChI is InChI=1S/C19H20F3NO/c20-19(21,22)16-8-10-17(11-9-16)24-18(14-5-2-1-3-6-14)15-7-4-12-23-13-15/h1-3,5-6,8-11,15,18,23H,4,7,12-13H2/t15?,18-/m1/s1. The summed E-state index contributed by atoms with van der Waals surface area (Å²) in [6.45, 7) is 1.85. The second kappa shape index (κ2) is 7.26. The van der Waals surface area contributed by atoms with Crippen LogP contribution < -0.4 is 10.1 Å². The first-order valence-corrected chi connectivity index (χ1v) is 8.13. The first kappa shape index (κ1) is 16.8. The van der Waals surface area contributed by atoms with Gasteiger partial charge in [0.2, 0.25) is 0 Å². The first-order valence-electron chi connectivity index (χ1n) is 8.13. The molecule has 0 saturated carbocycles. The highest BCUT2D eigenvalue weighted by molar-refractivity contribution is 5.30. The quantitative estimate of drug-likeness (QED) is 0.864. The predicted molar refractivity (Wildman–Crippen MR) is 86.8 cm³/mol. The van der Waals surface area contributed by atoms with E-state index in [1.165, 1.54) is 12.1 Å². The van der Waals surface area contributed by atoms with Crippen molar-refractivity contribution >= 4 is 0 Å². The molecule has 1 aliphatic heterocycles. The van der Waals surface area contributed by atoms with Gasteiger partial charge in [-0.15, -0.1) is 0 Å². The molecule has 1 fully saturated rings. The Bertz CT molecular complexity index is 634. The van der Waals surface area contributed by atoms with Crippen LogP contribution in [-0.4, -0.2) is 13.1 Å². The van der Waals surface area contributed by atoms with E-state index in [9.17, 15) is 13.2 Å². The van der Waals surface area contributed by atoms with Crippen LogP contribution in [0.4, 0.5) is 13.2 Å². The van der Waals surface area contributed by atoms with E-state index in [0.717, 1.165) is 43.6 Å². The molecule has 24 heavy (non-hydrogen) atoms. The van der Waals surface area contributed by atoms with Gasteiger partial charge in [-0.25, -0.2) is 0 Å². The van der Waals surface area contributed by atoms with Gasteiger partial charge in [0, 0.05) is 12.5 Å². The van der Waals surface area contributed by atoms with Crippen molar-refractivity contribution in [1.82, 2.24) is 5.32 Å². The Kier molecular flexibility index (Phi) is 5.09. The Labute approximate surface area is 139 Å². The van der Waals surface area contributed by atoms with Crippen LogP contribution in [0.5, 0.6) is 5.75 Å². The van der Waals surface area contributed by atoms with Gasteiger partial charge in [-0.2, -0.15) is 13.2 Å². The van der Waals surface area contributed by atoms with E-state index in [2.05, 4.69) is 5.32 Å². The maximum Gasteiger partial charge on any atom is 0.416 e. The molecular weight excluding hydrogens is 315 g/mol. The molecule has 1 unspecified atom stereocenters. The topological polar surface area (TPSA) is 21.3 Å². The second-order valence-corrected chi connectivity index (χ2v) is 6.08. The van der Waals surface area contributed by atoms with Gasteiger partial charge in [0.1, 0.15) is 11.9 Å². The summed E-state index contributed by atoms with van der Waals surface area (Å²) in [5.41, 5.74) is 0.386. The summed E-state index contributed by atoms with van der Waals surface area (Å²) in [6.07, 6.45) is -2.39. The molecule has 2 nitrogen and oxygen atoms in total. The minimum absolute atomic E-state index is 0.171. The van der Waals surface area contributed by atoms with E-state index in [1.807, 2.05) is 30.3 Å². The fourth-order valence-corrected chi connectivity index (χ4v) is 3.09. The maximum absolute atomic E-state index is 12.7. The number of hydrogen-bond donors (Lipinski definition) is 1. The van der Waals surface area contributed by atoms with Gasteiger partial charge in [0.25, 0.3) is 0 Å². The smallest absolute Gasteiger partial charge is 0.416 e. The Hall–Kier alpha value is -2.01. The van der Waals surface area contributed by atoms with Crippen LogP contribution in [0.25, 0.3) is 0 Å². The molecule has 1 aliphatic rings. The summed E-state index contributed by atoms with van der Waals surface area (Å²) in [5.74, 6) is 0.755. The zero-order valence-electron chi connectivity index (χ0n) is 13.2. The summed E-state index contributed by atoms with van der Waals surface area (Å²) in [4.78, 5) is 0. The van der Waals surface area contributed by atoms with Crippen LogP contribution in [-0.2, 0) is 6.18 Å². The van der Waals surface area contributed by atoms with Crippen LogP contribution in [0, 0.1) is 5.92 Å². The van der Waals surface area contributed by atoms with Crippen molar-refractivity contribution in [3.8, 4) is 5.75 Å². The number of ether oxygens (including phenoxy) is 1. The number of rotatable bonds is 4. The fourth-order valence-electron chi connectivity index (χ4n) is 3.09. The third kappa shape index (κ3) is 4.09. The van der Waals surface area contributed by atoms with Crippen LogP contribution >= 0.6 is 0 Å². The van der Waals surface area contributed by atoms with Gasteiger partial charge in [0.15, 0.2) is 0 Å². The van der Waals surface area contributed by atoms with Crippen molar-refractivity contribution in [2.75, 3.05) is 13.1 Å². The highest BCUT2D eigenvalue weighted by Gasteiger charge is 2.31. The zero-order chi connectivity index (χ0) is 17.0. The Morgan fingerprint density at radius 1 is 1.00 bits per heavy atom. The molecule has 0 radical (unpaired) electrons. The van der Waals surface area contributed by atoms with Crippen molar-refractivity contribution < 1.29 is 17.9 Å². The molecule has 0 aliphatic carbocycles. The third-order valence-corrected chi connectivity index (χ3v) is 4.34. The van der Waals surface area contributed by atoms with Crippen molar-refractivity contribution in [2.45, 2.75) is 25.1 Å². The van der Waals surface area contributed by atoms with Gasteiger partial charge in [0.05, 0.1) is 5.56 Å². The molecule has 128 valence electrons. The number of halogens is 3. The normalized spacial score (nSPS) is 19.7. The predicted octanol–water partition coefficient (Wildman–Crippen LogP) is 4.83. The number of piperidine rings is 1. The monoisotopic (exact) mass is 335 g/mol. The van der Waals surface area contributed by atoms with Gasteiger partial charge in [-0.05, 0) is 49.2 Å². The lowest BCUT2D eigenvalue weighted by atomic mass is 9.89. The van der Waals surface area contributed by atoms with Gasteiger partial charge < -0.3 is 10.1 Å². The fraction of sp³-hybridized carbons (Fsp3) is 0.368. The molecule has 0 amide bonds. The molecule has 1 saturated heterocycles. The molecule has 5 heteroatoms. The summed E-state index contributed by atoms with van der Waals surface area (Å²) in [7, 11) is 0. The Balaban J connectivity index is 1.81. The summed E-state index contributed by atoms with van der Waals surface area (Å²) in [6, 6.07) is 14.8. The molecule has 0 aromatic heterocycles. The highest BCUT2D eigenvalue weighted by Crippen LogP contribution is 2.34. The molecule has 2 atom stereocenters. The lowest BCUT2D eigenvalue weighted by molar-refractivity contribution is -0.137. The number of nitrogens with one attached hydrogen (secondary N) is 1. The SMILES string of the molecule is FC(F)(F)c1ccc(O[C@H](c2ccccc2)C2CCCNC2)cc1. The van der Waals surface area contributed by atoms with Crippen molar-refractivity contribution in [3.63, 3.8) is 0 Å². The van der Waals surface area contributed by atoms with E-state index in [0.29, 0.717) is 11.7 Å². The third-order valence-electron chi connectivity index (χ3n) is 4.34. The lowest BCUT2D eigenvalue weighted by Crippen LogP contribution is -2.35. The zero-order valence-corrected chi connectivity index (χ0v) is 13.2. The molecule has 3 rings (SSSR count). The van der Waals surface area contributed by atoms with Gasteiger partial charge >= 0.3 is 6.18 Å². The maximum atomic E-state index is 12.7. The highest BCUT2D eigenvalue weighted by atomic mass is 19.4. The molecule has 1 heterocycles. The van der Waals surface area contributed by atoms with Crippen LogP contribution in [0.15, 0.2) is 54.6 Å². The van der Waals surface area contributed by atoms with Crippen molar-refractivity contribution in [3.05, 3.63) is 65.7 Å². The van der Waals surface area contributed by atoms with Gasteiger partial charge in [-0.3, -0.25) is 0 Å². The molecular formula is C19H20F3NO. The van der Waals surface area contributed by atoms with E-state index in [-0.39, 0.29) is 6.10 Å². The Morgan fingerprint density at radius 2 is 1.71 bits per heavy atom. The number of benzene rings is 2. The average molecular weight is 335 g/mol. The lowest BCUT2D eigenvalue weighted by Gasteiger charge is -2.31. The van der Waals surface area contributed by atoms with Gasteiger partial charge in [-0.1, -0.05) is 30.3 Å².